The lowest BCUT2D eigenvalue weighted by Gasteiger charge is -2.47. The SMILES string of the molecule is CO[C@]1(C)C[C@@H](C)CN(C)[C@@H](C2CCN(C(C)C)C2)COC(=O)C(C)(C)C(=O)[C@H](C)[C@H]1O[C@@H]1O[C@H](C)C[C@H](N(C)C)[C@H]1O. The number of aliphatic hydroxyl groups is 1. The first-order valence-corrected chi connectivity index (χ1v) is 16.3. The molecule has 3 aliphatic heterocycles. The van der Waals surface area contributed by atoms with Gasteiger partial charge in [-0.1, -0.05) is 13.8 Å². The predicted octanol–water partition coefficient (Wildman–Crippen LogP) is 3.05. The second kappa shape index (κ2) is 14.5. The average Bonchev–Trinajstić information content (AvgIpc) is 3.41. The van der Waals surface area contributed by atoms with Crippen LogP contribution in [0.3, 0.4) is 0 Å². The van der Waals surface area contributed by atoms with Crippen molar-refractivity contribution in [1.29, 1.82) is 0 Å². The van der Waals surface area contributed by atoms with Gasteiger partial charge in [-0.3, -0.25) is 14.5 Å². The lowest BCUT2D eigenvalue weighted by Crippen LogP contribution is -2.59. The Hall–Kier alpha value is -1.14. The smallest absolute Gasteiger partial charge is 0.319 e. The molecule has 0 aromatic rings. The van der Waals surface area contributed by atoms with Gasteiger partial charge in [0.1, 0.15) is 18.1 Å². The largest absolute Gasteiger partial charge is 0.463 e. The third-order valence-corrected chi connectivity index (χ3v) is 10.5. The molecule has 250 valence electrons. The topological polar surface area (TPSA) is 101 Å². The lowest BCUT2D eigenvalue weighted by molar-refractivity contribution is -0.295. The van der Waals surface area contributed by atoms with Gasteiger partial charge in [0.15, 0.2) is 12.1 Å². The maximum Gasteiger partial charge on any atom is 0.319 e. The molecule has 1 unspecified atom stereocenters. The Morgan fingerprint density at radius 3 is 2.30 bits per heavy atom. The highest BCUT2D eigenvalue weighted by Crippen LogP contribution is 2.38. The summed E-state index contributed by atoms with van der Waals surface area (Å²) in [6.07, 6.45) is -0.495. The maximum absolute atomic E-state index is 14.2. The molecule has 3 heterocycles. The average molecular weight is 612 g/mol. The fourth-order valence-electron chi connectivity index (χ4n) is 7.66. The molecule has 3 rings (SSSR count). The summed E-state index contributed by atoms with van der Waals surface area (Å²) >= 11 is 0. The molecule has 0 saturated carbocycles. The van der Waals surface area contributed by atoms with Crippen LogP contribution in [0.5, 0.6) is 0 Å². The van der Waals surface area contributed by atoms with E-state index in [1.165, 1.54) is 0 Å². The number of methoxy groups -OCH3 is 1. The number of ether oxygens (including phenoxy) is 4. The number of carbonyl (C=O) groups excluding carboxylic acids is 2. The Morgan fingerprint density at radius 2 is 1.74 bits per heavy atom. The van der Waals surface area contributed by atoms with Crippen LogP contribution in [0.4, 0.5) is 0 Å². The zero-order chi connectivity index (χ0) is 32.4. The molecule has 0 aromatic carbocycles. The van der Waals surface area contributed by atoms with E-state index < -0.39 is 41.4 Å². The molecule has 0 amide bonds. The van der Waals surface area contributed by atoms with Crippen molar-refractivity contribution >= 4 is 11.8 Å². The second-order valence-corrected chi connectivity index (χ2v) is 15.0. The number of likely N-dealkylation sites (N-methyl/N-ethyl adjacent to an activating group) is 2. The summed E-state index contributed by atoms with van der Waals surface area (Å²) < 4.78 is 25.0. The number of likely N-dealkylation sites (tertiary alicyclic amines) is 1. The fourth-order valence-corrected chi connectivity index (χ4v) is 7.66. The maximum atomic E-state index is 14.2. The van der Waals surface area contributed by atoms with Crippen molar-refractivity contribution in [1.82, 2.24) is 14.7 Å². The number of esters is 1. The van der Waals surface area contributed by atoms with E-state index in [4.69, 9.17) is 18.9 Å². The summed E-state index contributed by atoms with van der Waals surface area (Å²) in [4.78, 5) is 34.6. The van der Waals surface area contributed by atoms with Crippen molar-refractivity contribution in [2.45, 2.75) is 123 Å². The summed E-state index contributed by atoms with van der Waals surface area (Å²) in [7, 11) is 7.61. The highest BCUT2D eigenvalue weighted by molar-refractivity contribution is 6.04. The number of nitrogens with zero attached hydrogens (tertiary/aromatic N) is 3. The minimum Gasteiger partial charge on any atom is -0.463 e. The van der Waals surface area contributed by atoms with Crippen molar-refractivity contribution in [2.24, 2.45) is 23.2 Å². The first-order valence-electron chi connectivity index (χ1n) is 16.3. The van der Waals surface area contributed by atoms with Gasteiger partial charge in [-0.15, -0.1) is 0 Å². The molecule has 3 saturated heterocycles. The summed E-state index contributed by atoms with van der Waals surface area (Å²) in [5.74, 6) is -1.02. The Kier molecular flexibility index (Phi) is 12.3. The predicted molar refractivity (Wildman–Crippen MR) is 167 cm³/mol. The first-order chi connectivity index (χ1) is 19.9. The van der Waals surface area contributed by atoms with Crippen molar-refractivity contribution in [3.05, 3.63) is 0 Å². The fraction of sp³-hybridized carbons (Fsp3) is 0.939. The monoisotopic (exact) mass is 611 g/mol. The summed E-state index contributed by atoms with van der Waals surface area (Å²) in [6.45, 7) is 18.6. The Bertz CT molecular complexity index is 945. The molecule has 0 bridgehead atoms. The summed E-state index contributed by atoms with van der Waals surface area (Å²) in [6, 6.07) is 0.336. The molecule has 3 fully saturated rings. The van der Waals surface area contributed by atoms with Crippen LogP contribution < -0.4 is 0 Å². The Balaban J connectivity index is 1.98. The molecule has 10 atom stereocenters. The van der Waals surface area contributed by atoms with Crippen LogP contribution in [0.1, 0.15) is 74.7 Å². The van der Waals surface area contributed by atoms with Crippen LogP contribution in [0, 0.1) is 23.2 Å². The number of ketones is 1. The van der Waals surface area contributed by atoms with E-state index in [2.05, 4.69) is 37.6 Å². The highest BCUT2D eigenvalue weighted by atomic mass is 16.7. The third-order valence-electron chi connectivity index (χ3n) is 10.5. The van der Waals surface area contributed by atoms with Gasteiger partial charge in [-0.2, -0.15) is 0 Å². The van der Waals surface area contributed by atoms with Crippen LogP contribution in [-0.2, 0) is 28.5 Å². The molecule has 0 aromatic heterocycles. The van der Waals surface area contributed by atoms with Crippen LogP contribution in [0.25, 0.3) is 0 Å². The van der Waals surface area contributed by atoms with Crippen molar-refractivity contribution < 1.29 is 33.6 Å². The van der Waals surface area contributed by atoms with E-state index in [0.717, 1.165) is 26.1 Å². The standard InChI is InChI=1S/C33H61N3O7/c1-20(2)36-14-13-24(18-36)26-19-41-31(39)32(6,7)28(38)23(5)29(33(8,40-12)16-21(3)17-35(26)11)43-30-27(37)25(34(9)10)15-22(4)42-30/h20-27,29-30,37H,13-19H2,1-12H3/t21-,22-,23+,24?,25+,26-,27-,29-,30+,33-/m1/s1. The van der Waals surface area contributed by atoms with Gasteiger partial charge >= 0.3 is 5.97 Å². The number of carbonyl (C=O) groups is 2. The van der Waals surface area contributed by atoms with Crippen LogP contribution in [-0.4, -0.2) is 134 Å². The minimum atomic E-state index is -1.40. The van der Waals surface area contributed by atoms with Crippen LogP contribution in [0.2, 0.25) is 0 Å². The van der Waals surface area contributed by atoms with E-state index in [1.54, 1.807) is 27.9 Å². The number of hydrogen-bond acceptors (Lipinski definition) is 10. The van der Waals surface area contributed by atoms with Gasteiger partial charge < -0.3 is 33.9 Å². The number of aliphatic hydroxyl groups excluding tert-OH is 1. The van der Waals surface area contributed by atoms with Crippen LogP contribution >= 0.6 is 0 Å². The van der Waals surface area contributed by atoms with Crippen molar-refractivity contribution in [2.75, 3.05) is 54.5 Å². The molecule has 0 aliphatic carbocycles. The number of rotatable bonds is 6. The zero-order valence-electron chi connectivity index (χ0n) is 29.0. The highest BCUT2D eigenvalue weighted by Gasteiger charge is 2.51. The van der Waals surface area contributed by atoms with E-state index in [0.29, 0.717) is 24.8 Å². The van der Waals surface area contributed by atoms with Crippen molar-refractivity contribution in [3.63, 3.8) is 0 Å². The number of cyclic esters (lactones) is 1. The summed E-state index contributed by atoms with van der Waals surface area (Å²) in [5, 5.41) is 11.3. The first kappa shape index (κ1) is 36.3. The second-order valence-electron chi connectivity index (χ2n) is 15.0. The molecular weight excluding hydrogens is 550 g/mol. The molecule has 10 nitrogen and oxygen atoms in total. The Labute approximate surface area is 260 Å². The van der Waals surface area contributed by atoms with E-state index in [9.17, 15) is 14.7 Å². The molecule has 10 heteroatoms. The van der Waals surface area contributed by atoms with E-state index in [-0.39, 0.29) is 36.5 Å². The number of hydrogen-bond donors (Lipinski definition) is 1. The van der Waals surface area contributed by atoms with Gasteiger partial charge in [0.2, 0.25) is 0 Å². The minimum absolute atomic E-state index is 0.0373. The lowest BCUT2D eigenvalue weighted by atomic mass is 9.74. The van der Waals surface area contributed by atoms with E-state index >= 15 is 0 Å². The van der Waals surface area contributed by atoms with Crippen LogP contribution in [0.15, 0.2) is 0 Å². The molecule has 0 spiro atoms. The number of Topliss-reactive ketones (excluding diaryl/α,β-unsaturated/α-hetero) is 1. The third kappa shape index (κ3) is 8.18. The van der Waals surface area contributed by atoms with Gasteiger partial charge in [-0.05, 0) is 100 Å². The summed E-state index contributed by atoms with van der Waals surface area (Å²) in [5.41, 5.74) is -2.30. The van der Waals surface area contributed by atoms with Gasteiger partial charge in [0.05, 0.1) is 17.8 Å². The normalized spacial score (nSPS) is 41.1. The molecule has 0 radical (unpaired) electrons. The van der Waals surface area contributed by atoms with Gasteiger partial charge in [0, 0.05) is 44.2 Å². The Morgan fingerprint density at radius 1 is 1.09 bits per heavy atom. The molecule has 1 N–H and O–H groups in total. The van der Waals surface area contributed by atoms with Gasteiger partial charge in [-0.25, -0.2) is 0 Å². The van der Waals surface area contributed by atoms with Gasteiger partial charge in [0.25, 0.3) is 0 Å². The molecular formula is C33H61N3O7. The quantitative estimate of drug-likeness (QED) is 0.356. The van der Waals surface area contributed by atoms with E-state index in [1.807, 2.05) is 32.8 Å². The molecule has 43 heavy (non-hydrogen) atoms. The zero-order valence-corrected chi connectivity index (χ0v) is 29.0. The van der Waals surface area contributed by atoms with Crippen molar-refractivity contribution in [3.8, 4) is 0 Å². The molecule has 3 aliphatic rings.